The number of carbonyl (C=O) groups is 1. The van der Waals surface area contributed by atoms with Crippen molar-refractivity contribution in [2.45, 2.75) is 45.6 Å². The molecule has 3 aromatic rings. The predicted molar refractivity (Wildman–Crippen MR) is 113 cm³/mol. The highest BCUT2D eigenvalue weighted by Crippen LogP contribution is 2.43. The van der Waals surface area contributed by atoms with Crippen LogP contribution in [-0.4, -0.2) is 23.4 Å². The molecule has 2 aliphatic carbocycles. The molecule has 0 radical (unpaired) electrons. The Labute approximate surface area is 160 Å². The molecular weight excluding hydrogens is 332 g/mol. The lowest BCUT2D eigenvalue weighted by molar-refractivity contribution is 0.0994. The molecule has 3 nitrogen and oxygen atoms in total. The smallest absolute Gasteiger partial charge is 0.163 e. The maximum atomic E-state index is 12.4. The molecule has 0 bridgehead atoms. The summed E-state index contributed by atoms with van der Waals surface area (Å²) in [5.74, 6) is 0.303. The highest BCUT2D eigenvalue weighted by atomic mass is 16.1. The second-order valence-electron chi connectivity index (χ2n) is 7.86. The van der Waals surface area contributed by atoms with Crippen LogP contribution in [0.4, 0.5) is 0 Å². The summed E-state index contributed by atoms with van der Waals surface area (Å²) in [5, 5.41) is 6.15. The van der Waals surface area contributed by atoms with Crippen LogP contribution in [-0.2, 0) is 19.4 Å². The lowest BCUT2D eigenvalue weighted by Gasteiger charge is -2.09. The quantitative estimate of drug-likeness (QED) is 0.660. The maximum absolute atomic E-state index is 12.4. The van der Waals surface area contributed by atoms with Crippen LogP contribution in [0.2, 0.25) is 0 Å². The molecule has 0 spiro atoms. The van der Waals surface area contributed by atoms with E-state index in [0.717, 1.165) is 50.9 Å². The van der Waals surface area contributed by atoms with E-state index < -0.39 is 0 Å². The Balaban J connectivity index is 1.79. The van der Waals surface area contributed by atoms with Gasteiger partial charge in [-0.15, -0.1) is 0 Å². The Morgan fingerprint density at radius 2 is 1.63 bits per heavy atom. The number of nitrogens with zero attached hydrogens (tertiary/aromatic N) is 1. The van der Waals surface area contributed by atoms with E-state index in [1.807, 2.05) is 0 Å². The monoisotopic (exact) mass is 358 g/mol. The molecule has 0 saturated heterocycles. The van der Waals surface area contributed by atoms with Crippen molar-refractivity contribution >= 4 is 33.2 Å². The van der Waals surface area contributed by atoms with Gasteiger partial charge in [-0.1, -0.05) is 19.6 Å². The molecule has 27 heavy (non-hydrogen) atoms. The fourth-order valence-electron chi connectivity index (χ4n) is 5.08. The number of aromatic nitrogens is 1. The van der Waals surface area contributed by atoms with Gasteiger partial charge in [0.05, 0.1) is 0 Å². The topological polar surface area (TPSA) is 34.0 Å². The van der Waals surface area contributed by atoms with Gasteiger partial charge in [-0.25, -0.2) is 0 Å². The second-order valence-corrected chi connectivity index (χ2v) is 7.86. The van der Waals surface area contributed by atoms with E-state index in [4.69, 9.17) is 0 Å². The summed E-state index contributed by atoms with van der Waals surface area (Å²) in [6.45, 7) is 9.47. The zero-order chi connectivity index (χ0) is 18.5. The number of allylic oxidation sites excluding steroid dienone is 1. The number of hydrogen-bond acceptors (Lipinski definition) is 2. The minimum atomic E-state index is 0.303. The zero-order valence-electron chi connectivity index (χ0n) is 16.0. The van der Waals surface area contributed by atoms with Gasteiger partial charge in [-0.05, 0) is 79.2 Å². The fourth-order valence-corrected chi connectivity index (χ4v) is 5.08. The molecule has 138 valence electrons. The van der Waals surface area contributed by atoms with Gasteiger partial charge in [0.1, 0.15) is 0 Å². The molecule has 0 fully saturated rings. The maximum Gasteiger partial charge on any atom is 0.163 e. The van der Waals surface area contributed by atoms with Gasteiger partial charge in [0.2, 0.25) is 0 Å². The number of ketones is 1. The zero-order valence-corrected chi connectivity index (χ0v) is 16.0. The van der Waals surface area contributed by atoms with Crippen LogP contribution in [0.15, 0.2) is 30.8 Å². The Morgan fingerprint density at radius 1 is 0.963 bits per heavy atom. The van der Waals surface area contributed by atoms with Gasteiger partial charge >= 0.3 is 0 Å². The second kappa shape index (κ2) is 6.35. The standard InChI is InChI=1S/C24H26N2O/c1-3-25-13-4-14-26-20-10-7-16-15(2)5-6-18(16)23(20)24-19-9-12-22(27)17(19)8-11-21(24)26/h7-8,10-11,25H,2-6,9,12-14H2,1H3. The number of aryl methyl sites for hydroxylation is 3. The van der Waals surface area contributed by atoms with Gasteiger partial charge in [0.25, 0.3) is 0 Å². The third-order valence-electron chi connectivity index (χ3n) is 6.36. The Kier molecular flexibility index (Phi) is 3.94. The number of nitrogens with one attached hydrogen (secondary N) is 1. The van der Waals surface area contributed by atoms with Gasteiger partial charge in [-0.3, -0.25) is 4.79 Å². The van der Waals surface area contributed by atoms with Crippen LogP contribution < -0.4 is 5.32 Å². The first kappa shape index (κ1) is 16.8. The minimum Gasteiger partial charge on any atom is -0.340 e. The van der Waals surface area contributed by atoms with Crippen molar-refractivity contribution in [2.24, 2.45) is 0 Å². The van der Waals surface area contributed by atoms with E-state index in [1.54, 1.807) is 0 Å². The number of rotatable bonds is 5. The minimum absolute atomic E-state index is 0.303. The van der Waals surface area contributed by atoms with E-state index >= 15 is 0 Å². The summed E-state index contributed by atoms with van der Waals surface area (Å²) in [5.41, 5.74) is 8.87. The molecule has 0 saturated carbocycles. The Morgan fingerprint density at radius 3 is 2.37 bits per heavy atom. The molecule has 0 aliphatic heterocycles. The number of fused-ring (bicyclic) bond motifs is 7. The highest BCUT2D eigenvalue weighted by Gasteiger charge is 2.27. The first-order valence-electron chi connectivity index (χ1n) is 10.2. The third-order valence-corrected chi connectivity index (χ3v) is 6.36. The first-order valence-corrected chi connectivity index (χ1v) is 10.2. The average molecular weight is 358 g/mol. The van der Waals surface area contributed by atoms with Crippen LogP contribution in [0.3, 0.4) is 0 Å². The van der Waals surface area contributed by atoms with Crippen molar-refractivity contribution < 1.29 is 4.79 Å². The molecule has 3 heteroatoms. The predicted octanol–water partition coefficient (Wildman–Crippen LogP) is 4.88. The summed E-state index contributed by atoms with van der Waals surface area (Å²) in [6, 6.07) is 8.78. The summed E-state index contributed by atoms with van der Waals surface area (Å²) in [6.07, 6.45) is 4.76. The summed E-state index contributed by atoms with van der Waals surface area (Å²) < 4.78 is 2.48. The molecule has 1 heterocycles. The van der Waals surface area contributed by atoms with E-state index in [9.17, 15) is 4.79 Å². The van der Waals surface area contributed by atoms with E-state index in [1.165, 1.54) is 44.1 Å². The van der Waals surface area contributed by atoms with Crippen molar-refractivity contribution in [3.63, 3.8) is 0 Å². The first-order chi connectivity index (χ1) is 13.2. The number of hydrogen-bond donors (Lipinski definition) is 1. The number of carbonyl (C=O) groups excluding carboxylic acids is 1. The highest BCUT2D eigenvalue weighted by molar-refractivity contribution is 6.17. The van der Waals surface area contributed by atoms with Gasteiger partial charge in [0.15, 0.2) is 5.78 Å². The van der Waals surface area contributed by atoms with Crippen LogP contribution in [0.25, 0.3) is 27.4 Å². The summed E-state index contributed by atoms with van der Waals surface area (Å²) >= 11 is 0. The van der Waals surface area contributed by atoms with E-state index in [0.29, 0.717) is 12.2 Å². The SMILES string of the molecule is C=C1CCc2c1ccc1c2c2c3c(ccc2n1CCCNCC)C(=O)CC3. The Hall–Kier alpha value is -2.39. The molecule has 0 amide bonds. The molecule has 5 rings (SSSR count). The lowest BCUT2D eigenvalue weighted by Crippen LogP contribution is -2.15. The number of Topliss-reactive ketones (excluding diaryl/α,β-unsaturated/α-hetero) is 1. The molecule has 2 aromatic carbocycles. The van der Waals surface area contributed by atoms with E-state index in [-0.39, 0.29) is 0 Å². The van der Waals surface area contributed by atoms with E-state index in [2.05, 4.69) is 47.7 Å². The van der Waals surface area contributed by atoms with Crippen molar-refractivity contribution in [3.8, 4) is 0 Å². The Bertz CT molecular complexity index is 1020. The average Bonchev–Trinajstić information content (AvgIpc) is 3.33. The molecule has 1 aromatic heterocycles. The van der Waals surface area contributed by atoms with Crippen LogP contribution in [0.5, 0.6) is 0 Å². The summed E-state index contributed by atoms with van der Waals surface area (Å²) in [4.78, 5) is 12.4. The largest absolute Gasteiger partial charge is 0.340 e. The molecule has 2 aliphatic rings. The molecule has 0 unspecified atom stereocenters. The lowest BCUT2D eigenvalue weighted by atomic mass is 9.97. The van der Waals surface area contributed by atoms with Gasteiger partial charge in [-0.2, -0.15) is 0 Å². The normalized spacial score (nSPS) is 15.9. The molecule has 1 N–H and O–H groups in total. The van der Waals surface area contributed by atoms with Crippen LogP contribution in [0, 0.1) is 0 Å². The fraction of sp³-hybridized carbons (Fsp3) is 0.375. The summed E-state index contributed by atoms with van der Waals surface area (Å²) in [7, 11) is 0. The van der Waals surface area contributed by atoms with Crippen LogP contribution in [0.1, 0.15) is 53.2 Å². The third kappa shape index (κ3) is 2.41. The van der Waals surface area contributed by atoms with Crippen molar-refractivity contribution in [2.75, 3.05) is 13.1 Å². The molecule has 0 atom stereocenters. The van der Waals surface area contributed by atoms with Gasteiger partial charge < -0.3 is 9.88 Å². The van der Waals surface area contributed by atoms with Crippen molar-refractivity contribution in [1.29, 1.82) is 0 Å². The number of benzene rings is 2. The van der Waals surface area contributed by atoms with Crippen LogP contribution >= 0.6 is 0 Å². The van der Waals surface area contributed by atoms with Crippen molar-refractivity contribution in [1.82, 2.24) is 9.88 Å². The van der Waals surface area contributed by atoms with Gasteiger partial charge in [0, 0.05) is 40.3 Å². The van der Waals surface area contributed by atoms with Crippen molar-refractivity contribution in [3.05, 3.63) is 53.1 Å². The molecular formula is C24H26N2O.